The van der Waals surface area contributed by atoms with Gasteiger partial charge in [0.15, 0.2) is 0 Å². The zero-order valence-electron chi connectivity index (χ0n) is 16.9. The Morgan fingerprint density at radius 3 is 2.04 bits per heavy atom. The van der Waals surface area contributed by atoms with Crippen LogP contribution >= 0.6 is 0 Å². The number of esters is 1. The maximum absolute atomic E-state index is 11.6. The zero-order valence-corrected chi connectivity index (χ0v) is 17.9. The number of carbonyl (C=O) groups excluding carboxylic acids is 1. The Labute approximate surface area is 168 Å². The van der Waals surface area contributed by atoms with E-state index in [1.165, 1.54) is 10.4 Å². The molecule has 0 aliphatic carbocycles. The Balaban J connectivity index is 1.89. The topological polar surface area (TPSA) is 55.8 Å². The van der Waals surface area contributed by atoms with Crippen molar-refractivity contribution in [3.63, 3.8) is 0 Å². The van der Waals surface area contributed by atoms with Crippen LogP contribution in [-0.2, 0) is 14.0 Å². The summed E-state index contributed by atoms with van der Waals surface area (Å²) < 4.78 is 12.2. The second-order valence-electron chi connectivity index (χ2n) is 8.51. The van der Waals surface area contributed by atoms with Crippen LogP contribution in [0, 0.1) is 0 Å². The molecule has 3 rings (SSSR count). The third-order valence-electron chi connectivity index (χ3n) is 5.41. The SMILES string of the molecule is CC(C)(C)[Si](OCC[C@H]1C[C@H](O)CC(=O)O1)(c1ccccc1)c1ccccc1. The van der Waals surface area contributed by atoms with Gasteiger partial charge in [0.05, 0.1) is 12.5 Å². The maximum atomic E-state index is 11.6. The first-order valence-electron chi connectivity index (χ1n) is 9.95. The van der Waals surface area contributed by atoms with E-state index in [0.29, 0.717) is 19.4 Å². The average Bonchev–Trinajstić information content (AvgIpc) is 2.65. The van der Waals surface area contributed by atoms with Gasteiger partial charge in [0.2, 0.25) is 0 Å². The minimum atomic E-state index is -2.57. The van der Waals surface area contributed by atoms with Crippen molar-refractivity contribution in [3.05, 3.63) is 60.7 Å². The molecule has 1 aliphatic heterocycles. The van der Waals surface area contributed by atoms with E-state index < -0.39 is 14.4 Å². The minimum absolute atomic E-state index is 0.0849. The van der Waals surface area contributed by atoms with E-state index in [1.807, 2.05) is 12.1 Å². The highest BCUT2D eigenvalue weighted by atomic mass is 28.4. The molecular formula is C23H30O4Si. The molecule has 4 nitrogen and oxygen atoms in total. The predicted molar refractivity (Wildman–Crippen MR) is 113 cm³/mol. The smallest absolute Gasteiger partial charge is 0.308 e. The Morgan fingerprint density at radius 2 is 1.57 bits per heavy atom. The Hall–Kier alpha value is -1.95. The summed E-state index contributed by atoms with van der Waals surface area (Å²) in [5.74, 6) is -0.325. The fraction of sp³-hybridized carbons (Fsp3) is 0.435. The first kappa shape index (κ1) is 20.8. The Kier molecular flexibility index (Phi) is 6.38. The molecule has 1 heterocycles. The summed E-state index contributed by atoms with van der Waals surface area (Å²) in [6.45, 7) is 7.20. The highest BCUT2D eigenvalue weighted by Crippen LogP contribution is 2.37. The van der Waals surface area contributed by atoms with Crippen LogP contribution in [0.2, 0.25) is 5.04 Å². The molecule has 150 valence electrons. The molecular weight excluding hydrogens is 368 g/mol. The number of hydrogen-bond donors (Lipinski definition) is 1. The van der Waals surface area contributed by atoms with Gasteiger partial charge in [-0.3, -0.25) is 4.79 Å². The lowest BCUT2D eigenvalue weighted by Crippen LogP contribution is -2.66. The van der Waals surface area contributed by atoms with Crippen molar-refractivity contribution in [2.75, 3.05) is 6.61 Å². The highest BCUT2D eigenvalue weighted by molar-refractivity contribution is 6.99. The minimum Gasteiger partial charge on any atom is -0.462 e. The number of aliphatic hydroxyl groups excluding tert-OH is 1. The second-order valence-corrected chi connectivity index (χ2v) is 12.8. The normalized spacial score (nSPS) is 20.6. The molecule has 5 heteroatoms. The standard InChI is InChI=1S/C23H30O4Si/c1-23(2,3)28(20-10-6-4-7-11-20,21-12-8-5-9-13-21)26-15-14-19-16-18(24)17-22(25)27-19/h4-13,18-19,24H,14-17H2,1-3H3/t18-,19-/m0/s1. The average molecular weight is 399 g/mol. The summed E-state index contributed by atoms with van der Waals surface area (Å²) in [6.07, 6.45) is 0.267. The van der Waals surface area contributed by atoms with Crippen molar-refractivity contribution < 1.29 is 19.1 Å². The van der Waals surface area contributed by atoms with E-state index in [4.69, 9.17) is 9.16 Å². The number of cyclic esters (lactones) is 1. The number of aliphatic hydroxyl groups is 1. The van der Waals surface area contributed by atoms with Gasteiger partial charge in [-0.05, 0) is 15.4 Å². The number of benzene rings is 2. The van der Waals surface area contributed by atoms with E-state index in [0.717, 1.165) is 0 Å². The van der Waals surface area contributed by atoms with Crippen LogP contribution in [0.15, 0.2) is 60.7 Å². The van der Waals surface area contributed by atoms with Crippen molar-refractivity contribution in [1.82, 2.24) is 0 Å². The van der Waals surface area contributed by atoms with Gasteiger partial charge in [-0.25, -0.2) is 0 Å². The van der Waals surface area contributed by atoms with Crippen LogP contribution in [0.25, 0.3) is 0 Å². The lowest BCUT2D eigenvalue weighted by molar-refractivity contribution is -0.160. The van der Waals surface area contributed by atoms with E-state index >= 15 is 0 Å². The number of hydrogen-bond acceptors (Lipinski definition) is 4. The van der Waals surface area contributed by atoms with Crippen LogP contribution in [-0.4, -0.2) is 38.2 Å². The van der Waals surface area contributed by atoms with Gasteiger partial charge in [0.25, 0.3) is 8.32 Å². The summed E-state index contributed by atoms with van der Waals surface area (Å²) in [4.78, 5) is 11.6. The molecule has 0 saturated carbocycles. The summed E-state index contributed by atoms with van der Waals surface area (Å²) in [5.41, 5.74) is 0. The molecule has 0 amide bonds. The molecule has 0 unspecified atom stereocenters. The summed E-state index contributed by atoms with van der Waals surface area (Å²) in [6, 6.07) is 21.0. The molecule has 0 bridgehead atoms. The number of rotatable bonds is 6. The fourth-order valence-electron chi connectivity index (χ4n) is 4.14. The van der Waals surface area contributed by atoms with E-state index in [-0.39, 0.29) is 23.5 Å². The van der Waals surface area contributed by atoms with Crippen molar-refractivity contribution in [1.29, 1.82) is 0 Å². The lowest BCUT2D eigenvalue weighted by atomic mass is 10.0. The molecule has 1 aliphatic rings. The predicted octanol–water partition coefficient (Wildman–Crippen LogP) is 3.02. The monoisotopic (exact) mass is 398 g/mol. The molecule has 28 heavy (non-hydrogen) atoms. The first-order chi connectivity index (χ1) is 13.3. The molecule has 1 saturated heterocycles. The third-order valence-corrected chi connectivity index (χ3v) is 10.5. The summed E-state index contributed by atoms with van der Waals surface area (Å²) in [5, 5.41) is 12.2. The van der Waals surface area contributed by atoms with Gasteiger partial charge in [-0.2, -0.15) is 0 Å². The fourth-order valence-corrected chi connectivity index (χ4v) is 8.72. The number of carbonyl (C=O) groups is 1. The van der Waals surface area contributed by atoms with Crippen molar-refractivity contribution >= 4 is 24.7 Å². The molecule has 2 aromatic rings. The van der Waals surface area contributed by atoms with Gasteiger partial charge in [0, 0.05) is 19.4 Å². The van der Waals surface area contributed by atoms with Crippen LogP contribution in [0.4, 0.5) is 0 Å². The third kappa shape index (κ3) is 4.37. The van der Waals surface area contributed by atoms with Crippen LogP contribution < -0.4 is 10.4 Å². The van der Waals surface area contributed by atoms with Crippen LogP contribution in [0.1, 0.15) is 40.0 Å². The number of ether oxygens (including phenoxy) is 1. The van der Waals surface area contributed by atoms with Gasteiger partial charge >= 0.3 is 5.97 Å². The first-order valence-corrected chi connectivity index (χ1v) is 11.9. The molecule has 0 spiro atoms. The molecule has 1 fully saturated rings. The lowest BCUT2D eigenvalue weighted by Gasteiger charge is -2.43. The van der Waals surface area contributed by atoms with Crippen LogP contribution in [0.3, 0.4) is 0 Å². The van der Waals surface area contributed by atoms with Crippen molar-refractivity contribution in [2.45, 2.75) is 57.3 Å². The molecule has 0 radical (unpaired) electrons. The largest absolute Gasteiger partial charge is 0.462 e. The van der Waals surface area contributed by atoms with Gasteiger partial charge in [-0.1, -0.05) is 81.4 Å². The maximum Gasteiger partial charge on any atom is 0.308 e. The second kappa shape index (κ2) is 8.60. The van der Waals surface area contributed by atoms with E-state index in [1.54, 1.807) is 0 Å². The van der Waals surface area contributed by atoms with Gasteiger partial charge < -0.3 is 14.3 Å². The Bertz CT molecular complexity index is 731. The van der Waals surface area contributed by atoms with Crippen molar-refractivity contribution in [2.24, 2.45) is 0 Å². The Morgan fingerprint density at radius 1 is 1.04 bits per heavy atom. The molecule has 2 aromatic carbocycles. The molecule has 2 atom stereocenters. The molecule has 0 aromatic heterocycles. The van der Waals surface area contributed by atoms with E-state index in [9.17, 15) is 9.90 Å². The zero-order chi connectivity index (χ0) is 20.2. The quantitative estimate of drug-likeness (QED) is 0.600. The molecule has 1 N–H and O–H groups in total. The van der Waals surface area contributed by atoms with Gasteiger partial charge in [-0.15, -0.1) is 0 Å². The summed E-state index contributed by atoms with van der Waals surface area (Å²) in [7, 11) is -2.57. The van der Waals surface area contributed by atoms with Crippen molar-refractivity contribution in [3.8, 4) is 0 Å². The summed E-state index contributed by atoms with van der Waals surface area (Å²) >= 11 is 0. The van der Waals surface area contributed by atoms with Crippen LogP contribution in [0.5, 0.6) is 0 Å². The van der Waals surface area contributed by atoms with Gasteiger partial charge in [0.1, 0.15) is 6.10 Å². The van der Waals surface area contributed by atoms with E-state index in [2.05, 4.69) is 69.3 Å². The highest BCUT2D eigenvalue weighted by Gasteiger charge is 2.50.